The summed E-state index contributed by atoms with van der Waals surface area (Å²) >= 11 is 1.62. The van der Waals surface area contributed by atoms with Crippen LogP contribution in [0.1, 0.15) is 28.2 Å². The molecule has 0 fully saturated rings. The van der Waals surface area contributed by atoms with Gasteiger partial charge in [-0.1, -0.05) is 12.1 Å². The molecule has 1 aliphatic rings. The van der Waals surface area contributed by atoms with Crippen molar-refractivity contribution in [2.45, 2.75) is 19.3 Å². The maximum Gasteiger partial charge on any atom is 0.182 e. The summed E-state index contributed by atoms with van der Waals surface area (Å²) in [6.45, 7) is 0. The Bertz CT molecular complexity index is 604. The van der Waals surface area contributed by atoms with Crippen molar-refractivity contribution in [3.8, 4) is 16.3 Å². The topological polar surface area (TPSA) is 39.2 Å². The molecule has 0 saturated carbocycles. The van der Waals surface area contributed by atoms with Gasteiger partial charge in [-0.2, -0.15) is 0 Å². The van der Waals surface area contributed by atoms with Crippen molar-refractivity contribution in [3.05, 3.63) is 34.8 Å². The third kappa shape index (κ3) is 1.93. The first-order chi connectivity index (χ1) is 8.78. The SMILES string of the molecule is COc1cccc(-c2nc3c(s2)CCCC3=O)c1. The predicted molar refractivity (Wildman–Crippen MR) is 71.4 cm³/mol. The van der Waals surface area contributed by atoms with Gasteiger partial charge in [0.2, 0.25) is 0 Å². The molecule has 3 nitrogen and oxygen atoms in total. The number of ketones is 1. The fourth-order valence-corrected chi connectivity index (χ4v) is 3.26. The number of nitrogens with zero attached hydrogens (tertiary/aromatic N) is 1. The number of benzene rings is 1. The Labute approximate surface area is 109 Å². The third-order valence-corrected chi connectivity index (χ3v) is 4.25. The van der Waals surface area contributed by atoms with E-state index in [1.165, 1.54) is 0 Å². The van der Waals surface area contributed by atoms with Crippen LogP contribution in [0, 0.1) is 0 Å². The fourth-order valence-electron chi connectivity index (χ4n) is 2.15. The normalized spacial score (nSPS) is 14.4. The summed E-state index contributed by atoms with van der Waals surface area (Å²) in [4.78, 5) is 17.4. The van der Waals surface area contributed by atoms with Crippen molar-refractivity contribution in [1.82, 2.24) is 4.98 Å². The molecule has 0 N–H and O–H groups in total. The first kappa shape index (κ1) is 11.4. The average molecular weight is 259 g/mol. The molecule has 0 amide bonds. The first-order valence-electron chi connectivity index (χ1n) is 5.95. The number of hydrogen-bond acceptors (Lipinski definition) is 4. The molecule has 2 aromatic rings. The number of rotatable bonds is 2. The second-order valence-electron chi connectivity index (χ2n) is 4.30. The summed E-state index contributed by atoms with van der Waals surface area (Å²) < 4.78 is 5.21. The molecular weight excluding hydrogens is 246 g/mol. The van der Waals surface area contributed by atoms with Crippen LogP contribution in [0.5, 0.6) is 5.75 Å². The summed E-state index contributed by atoms with van der Waals surface area (Å²) in [5, 5.41) is 0.911. The molecule has 3 rings (SSSR count). The van der Waals surface area contributed by atoms with Crippen molar-refractivity contribution in [2.75, 3.05) is 7.11 Å². The van der Waals surface area contributed by atoms with Gasteiger partial charge in [0.25, 0.3) is 0 Å². The quantitative estimate of drug-likeness (QED) is 0.830. The van der Waals surface area contributed by atoms with E-state index in [1.807, 2.05) is 24.3 Å². The number of methoxy groups -OCH3 is 1. The lowest BCUT2D eigenvalue weighted by Gasteiger charge is -2.06. The van der Waals surface area contributed by atoms with Crippen LogP contribution in [0.4, 0.5) is 0 Å². The summed E-state index contributed by atoms with van der Waals surface area (Å²) in [5.74, 6) is 0.994. The van der Waals surface area contributed by atoms with Crippen LogP contribution in [0.3, 0.4) is 0 Å². The molecule has 0 radical (unpaired) electrons. The Morgan fingerprint density at radius 2 is 2.22 bits per heavy atom. The van der Waals surface area contributed by atoms with Crippen molar-refractivity contribution in [3.63, 3.8) is 0 Å². The standard InChI is InChI=1S/C14H13NO2S/c1-17-10-5-2-4-9(8-10)14-15-13-11(16)6-3-7-12(13)18-14/h2,4-5,8H,3,6-7H2,1H3. The van der Waals surface area contributed by atoms with Crippen LogP contribution < -0.4 is 4.74 Å². The van der Waals surface area contributed by atoms with Gasteiger partial charge in [0.1, 0.15) is 16.5 Å². The molecule has 1 aliphatic carbocycles. The highest BCUT2D eigenvalue weighted by Crippen LogP contribution is 2.33. The summed E-state index contributed by atoms with van der Waals surface area (Å²) in [7, 11) is 1.65. The largest absolute Gasteiger partial charge is 0.497 e. The van der Waals surface area contributed by atoms with E-state index in [1.54, 1.807) is 18.4 Å². The molecule has 4 heteroatoms. The van der Waals surface area contributed by atoms with Crippen molar-refractivity contribution in [1.29, 1.82) is 0 Å². The van der Waals surface area contributed by atoms with Gasteiger partial charge in [0.05, 0.1) is 7.11 Å². The lowest BCUT2D eigenvalue weighted by molar-refractivity contribution is 0.0968. The van der Waals surface area contributed by atoms with Gasteiger partial charge in [-0.25, -0.2) is 4.98 Å². The maximum absolute atomic E-state index is 11.8. The number of ether oxygens (including phenoxy) is 1. The number of Topliss-reactive ketones (excluding diaryl/α,β-unsaturated/α-hetero) is 1. The minimum Gasteiger partial charge on any atom is -0.497 e. The molecule has 0 unspecified atom stereocenters. The number of aryl methyl sites for hydroxylation is 1. The van der Waals surface area contributed by atoms with Gasteiger partial charge in [0.15, 0.2) is 5.78 Å². The summed E-state index contributed by atoms with van der Waals surface area (Å²) in [5.41, 5.74) is 1.70. The first-order valence-corrected chi connectivity index (χ1v) is 6.77. The van der Waals surface area contributed by atoms with Crippen LogP contribution in [0.2, 0.25) is 0 Å². The van der Waals surface area contributed by atoms with Gasteiger partial charge in [-0.15, -0.1) is 11.3 Å². The van der Waals surface area contributed by atoms with E-state index in [0.29, 0.717) is 12.1 Å². The van der Waals surface area contributed by atoms with Gasteiger partial charge in [-0.3, -0.25) is 4.79 Å². The highest BCUT2D eigenvalue weighted by Gasteiger charge is 2.22. The minimum atomic E-state index is 0.182. The van der Waals surface area contributed by atoms with Crippen LogP contribution in [-0.2, 0) is 6.42 Å². The van der Waals surface area contributed by atoms with E-state index in [-0.39, 0.29) is 5.78 Å². The number of carbonyl (C=O) groups is 1. The van der Waals surface area contributed by atoms with Gasteiger partial charge < -0.3 is 4.74 Å². The Kier molecular flexibility index (Phi) is 2.88. The van der Waals surface area contributed by atoms with Crippen LogP contribution in [0.15, 0.2) is 24.3 Å². The van der Waals surface area contributed by atoms with Crippen molar-refractivity contribution < 1.29 is 9.53 Å². The molecule has 0 aliphatic heterocycles. The van der Waals surface area contributed by atoms with Gasteiger partial charge in [0, 0.05) is 16.9 Å². The van der Waals surface area contributed by atoms with Crippen LogP contribution in [-0.4, -0.2) is 17.9 Å². The van der Waals surface area contributed by atoms with E-state index < -0.39 is 0 Å². The minimum absolute atomic E-state index is 0.182. The van der Waals surface area contributed by atoms with E-state index in [4.69, 9.17) is 4.74 Å². The summed E-state index contributed by atoms with van der Waals surface area (Å²) in [6, 6.07) is 7.80. The Morgan fingerprint density at radius 3 is 3.00 bits per heavy atom. The molecular formula is C14H13NO2S. The van der Waals surface area contributed by atoms with E-state index in [2.05, 4.69) is 4.98 Å². The molecule has 1 aromatic heterocycles. The van der Waals surface area contributed by atoms with E-state index >= 15 is 0 Å². The highest BCUT2D eigenvalue weighted by atomic mass is 32.1. The van der Waals surface area contributed by atoms with Gasteiger partial charge in [-0.05, 0) is 25.0 Å². The summed E-state index contributed by atoms with van der Waals surface area (Å²) in [6.07, 6.45) is 2.56. The monoisotopic (exact) mass is 259 g/mol. The number of fused-ring (bicyclic) bond motifs is 1. The smallest absolute Gasteiger partial charge is 0.182 e. The molecule has 0 bridgehead atoms. The van der Waals surface area contributed by atoms with Gasteiger partial charge >= 0.3 is 0 Å². The zero-order valence-corrected chi connectivity index (χ0v) is 10.9. The maximum atomic E-state index is 11.8. The second kappa shape index (κ2) is 4.53. The molecule has 0 spiro atoms. The third-order valence-electron chi connectivity index (χ3n) is 3.09. The number of aromatic nitrogens is 1. The Hall–Kier alpha value is -1.68. The van der Waals surface area contributed by atoms with E-state index in [0.717, 1.165) is 34.0 Å². The molecule has 92 valence electrons. The second-order valence-corrected chi connectivity index (χ2v) is 5.38. The number of thiazole rings is 1. The molecule has 0 atom stereocenters. The molecule has 18 heavy (non-hydrogen) atoms. The molecule has 0 saturated heterocycles. The molecule has 1 aromatic carbocycles. The Morgan fingerprint density at radius 1 is 1.33 bits per heavy atom. The number of hydrogen-bond donors (Lipinski definition) is 0. The predicted octanol–water partition coefficient (Wildman–Crippen LogP) is 3.34. The lowest BCUT2D eigenvalue weighted by Crippen LogP contribution is -2.08. The lowest BCUT2D eigenvalue weighted by atomic mass is 10.0. The molecule has 1 heterocycles. The van der Waals surface area contributed by atoms with Crippen LogP contribution >= 0.6 is 11.3 Å². The van der Waals surface area contributed by atoms with Crippen LogP contribution in [0.25, 0.3) is 10.6 Å². The van der Waals surface area contributed by atoms with E-state index in [9.17, 15) is 4.79 Å². The highest BCUT2D eigenvalue weighted by molar-refractivity contribution is 7.15. The zero-order valence-electron chi connectivity index (χ0n) is 10.1. The number of carbonyl (C=O) groups excluding carboxylic acids is 1. The fraction of sp³-hybridized carbons (Fsp3) is 0.286. The zero-order chi connectivity index (χ0) is 12.5. The Balaban J connectivity index is 2.04. The average Bonchev–Trinajstić information content (AvgIpc) is 2.84. The van der Waals surface area contributed by atoms with Crippen molar-refractivity contribution in [2.24, 2.45) is 0 Å². The van der Waals surface area contributed by atoms with Crippen molar-refractivity contribution >= 4 is 17.1 Å².